The van der Waals surface area contributed by atoms with E-state index in [1.54, 1.807) is 12.1 Å². The van der Waals surface area contributed by atoms with Gasteiger partial charge >= 0.3 is 0 Å². The SMILES string of the molecule is CN(C)CCNCc1cccc(OCc2ccccc2F)c1.Cl.Cl. The fraction of sp³-hybridized carbons (Fsp3) is 0.333. The quantitative estimate of drug-likeness (QED) is 0.709. The Kier molecular flexibility index (Phi) is 11.4. The highest BCUT2D eigenvalue weighted by Crippen LogP contribution is 2.16. The predicted molar refractivity (Wildman–Crippen MR) is 102 cm³/mol. The number of nitrogens with one attached hydrogen (secondary N) is 1. The molecular weight excluding hydrogens is 350 g/mol. The topological polar surface area (TPSA) is 24.5 Å². The van der Waals surface area contributed by atoms with Crippen LogP contribution in [0.15, 0.2) is 48.5 Å². The van der Waals surface area contributed by atoms with Gasteiger partial charge in [-0.1, -0.05) is 30.3 Å². The van der Waals surface area contributed by atoms with Gasteiger partial charge in [-0.15, -0.1) is 24.8 Å². The molecule has 0 unspecified atom stereocenters. The molecule has 6 heteroatoms. The smallest absolute Gasteiger partial charge is 0.129 e. The van der Waals surface area contributed by atoms with Crippen molar-refractivity contribution in [2.45, 2.75) is 13.2 Å². The van der Waals surface area contributed by atoms with E-state index in [1.165, 1.54) is 6.07 Å². The van der Waals surface area contributed by atoms with E-state index in [1.807, 2.05) is 24.3 Å². The zero-order valence-corrected chi connectivity index (χ0v) is 15.6. The first-order valence-electron chi connectivity index (χ1n) is 7.46. The molecule has 0 aliphatic heterocycles. The largest absolute Gasteiger partial charge is 0.489 e. The lowest BCUT2D eigenvalue weighted by molar-refractivity contribution is 0.299. The summed E-state index contributed by atoms with van der Waals surface area (Å²) in [7, 11) is 4.11. The number of rotatable bonds is 8. The third-order valence-electron chi connectivity index (χ3n) is 3.32. The number of hydrogen-bond donors (Lipinski definition) is 1. The van der Waals surface area contributed by atoms with Crippen molar-refractivity contribution in [1.29, 1.82) is 0 Å². The molecule has 0 radical (unpaired) electrons. The Morgan fingerprint density at radius 3 is 2.50 bits per heavy atom. The average Bonchev–Trinajstić information content (AvgIpc) is 2.51. The first kappa shape index (κ1) is 22.7. The van der Waals surface area contributed by atoms with Crippen LogP contribution in [0, 0.1) is 5.82 Å². The van der Waals surface area contributed by atoms with Crippen LogP contribution in [0.1, 0.15) is 11.1 Å². The number of hydrogen-bond acceptors (Lipinski definition) is 3. The minimum Gasteiger partial charge on any atom is -0.489 e. The van der Waals surface area contributed by atoms with Crippen LogP contribution in [0.3, 0.4) is 0 Å². The summed E-state index contributed by atoms with van der Waals surface area (Å²) in [6.07, 6.45) is 0. The van der Waals surface area contributed by atoms with Crippen LogP contribution >= 0.6 is 24.8 Å². The number of halogens is 3. The molecule has 2 aromatic carbocycles. The van der Waals surface area contributed by atoms with E-state index >= 15 is 0 Å². The molecule has 0 aliphatic rings. The van der Waals surface area contributed by atoms with Crippen molar-refractivity contribution in [3.8, 4) is 5.75 Å². The molecule has 0 atom stereocenters. The van der Waals surface area contributed by atoms with Gasteiger partial charge in [-0.2, -0.15) is 0 Å². The first-order valence-corrected chi connectivity index (χ1v) is 7.46. The molecule has 0 aliphatic carbocycles. The Bertz CT molecular complexity index is 597. The zero-order valence-electron chi connectivity index (χ0n) is 14.0. The van der Waals surface area contributed by atoms with Gasteiger partial charge in [0.15, 0.2) is 0 Å². The summed E-state index contributed by atoms with van der Waals surface area (Å²) < 4.78 is 19.2. The van der Waals surface area contributed by atoms with Crippen molar-refractivity contribution < 1.29 is 9.13 Å². The van der Waals surface area contributed by atoms with Crippen LogP contribution < -0.4 is 10.1 Å². The third-order valence-corrected chi connectivity index (χ3v) is 3.32. The standard InChI is InChI=1S/C18H23FN2O.2ClH/c1-21(2)11-10-20-13-15-6-5-8-17(12-15)22-14-16-7-3-4-9-18(16)19;;/h3-9,12,20H,10-11,13-14H2,1-2H3;2*1H. The Morgan fingerprint density at radius 1 is 1.04 bits per heavy atom. The molecule has 0 spiro atoms. The van der Waals surface area contributed by atoms with Gasteiger partial charge in [0.2, 0.25) is 0 Å². The van der Waals surface area contributed by atoms with Gasteiger partial charge in [-0.25, -0.2) is 4.39 Å². The Labute approximate surface area is 156 Å². The van der Waals surface area contributed by atoms with Crippen molar-refractivity contribution in [2.24, 2.45) is 0 Å². The molecule has 2 aromatic rings. The maximum Gasteiger partial charge on any atom is 0.129 e. The predicted octanol–water partition coefficient (Wildman–Crippen LogP) is 3.90. The van der Waals surface area contributed by atoms with E-state index in [0.717, 1.165) is 30.9 Å². The van der Waals surface area contributed by atoms with E-state index in [9.17, 15) is 4.39 Å². The fourth-order valence-electron chi connectivity index (χ4n) is 2.06. The van der Waals surface area contributed by atoms with Gasteiger partial charge in [0.1, 0.15) is 18.2 Å². The zero-order chi connectivity index (χ0) is 15.8. The lowest BCUT2D eigenvalue weighted by Crippen LogP contribution is -2.26. The van der Waals surface area contributed by atoms with Crippen LogP contribution in [0.25, 0.3) is 0 Å². The number of likely N-dealkylation sites (N-methyl/N-ethyl adjacent to an activating group) is 1. The van der Waals surface area contributed by atoms with Crippen molar-refractivity contribution in [1.82, 2.24) is 10.2 Å². The number of benzene rings is 2. The highest BCUT2D eigenvalue weighted by atomic mass is 35.5. The molecule has 0 fully saturated rings. The van der Waals surface area contributed by atoms with Gasteiger partial charge in [0.05, 0.1) is 0 Å². The third kappa shape index (κ3) is 7.97. The van der Waals surface area contributed by atoms with Gasteiger partial charge in [-0.3, -0.25) is 0 Å². The van der Waals surface area contributed by atoms with E-state index in [-0.39, 0.29) is 37.2 Å². The summed E-state index contributed by atoms with van der Waals surface area (Å²) in [4.78, 5) is 2.14. The molecule has 1 N–H and O–H groups in total. The molecule has 134 valence electrons. The van der Waals surface area contributed by atoms with Crippen molar-refractivity contribution in [3.63, 3.8) is 0 Å². The van der Waals surface area contributed by atoms with Crippen LogP contribution in [-0.4, -0.2) is 32.1 Å². The second-order valence-corrected chi connectivity index (χ2v) is 5.51. The Balaban J connectivity index is 0.00000264. The lowest BCUT2D eigenvalue weighted by atomic mass is 10.2. The molecular formula is C18H25Cl2FN2O. The molecule has 2 rings (SSSR count). The molecule has 0 bridgehead atoms. The Hall–Kier alpha value is -1.33. The van der Waals surface area contributed by atoms with Gasteiger partial charge in [-0.05, 0) is 37.9 Å². The monoisotopic (exact) mass is 374 g/mol. The normalized spacial score (nSPS) is 10.0. The molecule has 24 heavy (non-hydrogen) atoms. The number of nitrogens with zero attached hydrogens (tertiary/aromatic N) is 1. The van der Waals surface area contributed by atoms with Crippen LogP contribution in [0.5, 0.6) is 5.75 Å². The van der Waals surface area contributed by atoms with E-state index < -0.39 is 0 Å². The average molecular weight is 375 g/mol. The molecule has 0 amide bonds. The maximum absolute atomic E-state index is 13.5. The molecule has 0 saturated carbocycles. The highest BCUT2D eigenvalue weighted by molar-refractivity contribution is 5.85. The van der Waals surface area contributed by atoms with Crippen molar-refractivity contribution in [2.75, 3.05) is 27.2 Å². The first-order chi connectivity index (χ1) is 10.6. The molecule has 3 nitrogen and oxygen atoms in total. The van der Waals surface area contributed by atoms with Gasteiger partial charge < -0.3 is 15.0 Å². The molecule has 0 saturated heterocycles. The summed E-state index contributed by atoms with van der Waals surface area (Å²) >= 11 is 0. The van der Waals surface area contributed by atoms with Gasteiger partial charge in [0.25, 0.3) is 0 Å². The second kappa shape index (κ2) is 12.1. The van der Waals surface area contributed by atoms with Crippen molar-refractivity contribution in [3.05, 3.63) is 65.5 Å². The maximum atomic E-state index is 13.5. The fourth-order valence-corrected chi connectivity index (χ4v) is 2.06. The van der Waals surface area contributed by atoms with Crippen LogP contribution in [0.4, 0.5) is 4.39 Å². The van der Waals surface area contributed by atoms with E-state index in [0.29, 0.717) is 5.56 Å². The second-order valence-electron chi connectivity index (χ2n) is 5.51. The number of ether oxygens (including phenoxy) is 1. The summed E-state index contributed by atoms with van der Waals surface area (Å²) in [5.74, 6) is 0.527. The summed E-state index contributed by atoms with van der Waals surface area (Å²) in [6.45, 7) is 2.98. The Morgan fingerprint density at radius 2 is 1.79 bits per heavy atom. The lowest BCUT2D eigenvalue weighted by Gasteiger charge is -2.11. The van der Waals surface area contributed by atoms with E-state index in [2.05, 4.69) is 30.4 Å². The highest BCUT2D eigenvalue weighted by Gasteiger charge is 2.02. The van der Waals surface area contributed by atoms with Crippen LogP contribution in [0.2, 0.25) is 0 Å². The minimum absolute atomic E-state index is 0. The summed E-state index contributed by atoms with van der Waals surface area (Å²) in [5, 5.41) is 3.39. The van der Waals surface area contributed by atoms with Crippen LogP contribution in [-0.2, 0) is 13.2 Å². The van der Waals surface area contributed by atoms with Gasteiger partial charge in [0, 0.05) is 25.2 Å². The molecule has 0 heterocycles. The minimum atomic E-state index is -0.232. The summed E-state index contributed by atoms with van der Waals surface area (Å²) in [6, 6.07) is 14.6. The molecule has 0 aromatic heterocycles. The summed E-state index contributed by atoms with van der Waals surface area (Å²) in [5.41, 5.74) is 1.72. The van der Waals surface area contributed by atoms with Crippen molar-refractivity contribution >= 4 is 24.8 Å². The van der Waals surface area contributed by atoms with E-state index in [4.69, 9.17) is 4.74 Å².